The Hall–Kier alpha value is -2.77. The summed E-state index contributed by atoms with van der Waals surface area (Å²) in [6.07, 6.45) is -4.45. The predicted molar refractivity (Wildman–Crippen MR) is 138 cm³/mol. The summed E-state index contributed by atoms with van der Waals surface area (Å²) in [7, 11) is 1.61. The summed E-state index contributed by atoms with van der Waals surface area (Å²) in [4.78, 5) is 2.66. The summed E-state index contributed by atoms with van der Waals surface area (Å²) in [5.41, 5.74) is 10.0. The number of hydrogen-bond donors (Lipinski definition) is 1. The monoisotopic (exact) mass is 545 g/mol. The van der Waals surface area contributed by atoms with Gasteiger partial charge in [0.05, 0.1) is 53.4 Å². The molecule has 0 amide bonds. The van der Waals surface area contributed by atoms with E-state index in [9.17, 15) is 5.11 Å². The Morgan fingerprint density at radius 1 is 0.949 bits per heavy atom. The van der Waals surface area contributed by atoms with Gasteiger partial charge in [0.2, 0.25) is 0 Å². The molecule has 2 aliphatic rings. The van der Waals surface area contributed by atoms with E-state index in [2.05, 4.69) is 10.0 Å². The lowest BCUT2D eigenvalue weighted by Crippen LogP contribution is -2.63. The third-order valence-corrected chi connectivity index (χ3v) is 6.26. The number of aliphatic hydroxyl groups excluding tert-OH is 1. The van der Waals surface area contributed by atoms with E-state index in [1.807, 2.05) is 54.6 Å². The van der Waals surface area contributed by atoms with Crippen LogP contribution in [0.3, 0.4) is 0 Å². The quantitative estimate of drug-likeness (QED) is 0.154. The molecule has 0 aromatic heterocycles. The smallest absolute Gasteiger partial charge is 0.186 e. The van der Waals surface area contributed by atoms with Crippen LogP contribution < -0.4 is 4.74 Å². The maximum absolute atomic E-state index is 11.2. The maximum Gasteiger partial charge on any atom is 0.186 e. The van der Waals surface area contributed by atoms with Crippen LogP contribution in [0, 0.1) is 0 Å². The second kappa shape index (κ2) is 15.7. The number of methoxy groups -OCH3 is 1. The first kappa shape index (κ1) is 29.2. The fourth-order valence-electron chi connectivity index (χ4n) is 4.28. The van der Waals surface area contributed by atoms with Gasteiger partial charge in [0.25, 0.3) is 0 Å². The van der Waals surface area contributed by atoms with Crippen molar-refractivity contribution in [2.75, 3.05) is 53.3 Å². The molecular weight excluding hydrogens is 510 g/mol. The summed E-state index contributed by atoms with van der Waals surface area (Å²) in [6.45, 7) is 2.31. The van der Waals surface area contributed by atoms with Crippen molar-refractivity contribution >= 4 is 0 Å². The summed E-state index contributed by atoms with van der Waals surface area (Å²) in [5.74, 6) is 0.749. The Labute approximate surface area is 227 Å². The van der Waals surface area contributed by atoms with Gasteiger partial charge in [-0.2, -0.15) is 0 Å². The van der Waals surface area contributed by atoms with Crippen molar-refractivity contribution in [3.63, 3.8) is 0 Å². The molecule has 6 atom stereocenters. The molecule has 12 nitrogen and oxygen atoms in total. The van der Waals surface area contributed by atoms with E-state index in [1.54, 1.807) is 7.11 Å². The normalized spacial score (nSPS) is 26.4. The van der Waals surface area contributed by atoms with E-state index in [0.29, 0.717) is 19.8 Å². The van der Waals surface area contributed by atoms with Crippen molar-refractivity contribution in [3.8, 4) is 5.75 Å². The van der Waals surface area contributed by atoms with E-state index in [4.69, 9.17) is 43.4 Å². The molecule has 39 heavy (non-hydrogen) atoms. The molecule has 0 bridgehead atoms. The van der Waals surface area contributed by atoms with Crippen LogP contribution in [0.15, 0.2) is 59.7 Å². The van der Waals surface area contributed by atoms with E-state index < -0.39 is 37.0 Å². The third-order valence-electron chi connectivity index (χ3n) is 6.26. The van der Waals surface area contributed by atoms with Gasteiger partial charge in [-0.3, -0.25) is 0 Å². The highest BCUT2D eigenvalue weighted by Crippen LogP contribution is 2.36. The second-order valence-corrected chi connectivity index (χ2v) is 8.88. The first-order valence-electron chi connectivity index (χ1n) is 12.9. The van der Waals surface area contributed by atoms with Gasteiger partial charge in [-0.25, -0.2) is 0 Å². The number of nitrogens with zero attached hydrogens (tertiary/aromatic N) is 3. The number of ether oxygens (including phenoxy) is 8. The molecule has 2 aliphatic heterocycles. The zero-order valence-electron chi connectivity index (χ0n) is 21.9. The number of aliphatic hydroxyl groups is 1. The predicted octanol–water partition coefficient (Wildman–Crippen LogP) is 3.14. The average molecular weight is 546 g/mol. The highest BCUT2D eigenvalue weighted by molar-refractivity contribution is 5.26. The Morgan fingerprint density at radius 2 is 1.69 bits per heavy atom. The van der Waals surface area contributed by atoms with Gasteiger partial charge >= 0.3 is 0 Å². The fraction of sp³-hybridized carbons (Fsp3) is 0.556. The molecule has 12 heteroatoms. The molecule has 0 saturated carbocycles. The van der Waals surface area contributed by atoms with E-state index >= 15 is 0 Å². The summed E-state index contributed by atoms with van der Waals surface area (Å²) in [6, 6.07) is 17.1. The molecule has 2 saturated heterocycles. The lowest BCUT2D eigenvalue weighted by Gasteiger charge is -2.47. The van der Waals surface area contributed by atoms with Gasteiger partial charge in [-0.15, -0.1) is 0 Å². The van der Waals surface area contributed by atoms with Gasteiger partial charge in [0.15, 0.2) is 12.6 Å². The van der Waals surface area contributed by atoms with Crippen molar-refractivity contribution in [2.24, 2.45) is 5.11 Å². The number of rotatable bonds is 15. The molecule has 0 aliphatic carbocycles. The van der Waals surface area contributed by atoms with E-state index in [0.717, 1.165) is 16.9 Å². The highest BCUT2D eigenvalue weighted by atomic mass is 16.8. The van der Waals surface area contributed by atoms with Crippen molar-refractivity contribution in [3.05, 3.63) is 76.2 Å². The number of benzene rings is 2. The van der Waals surface area contributed by atoms with Crippen LogP contribution >= 0.6 is 0 Å². The third kappa shape index (κ3) is 8.61. The SMILES string of the molecule is COc1ccc(CO[C@@H]2[C@H](O)[C@@H](OCCOCCOCCN=[N+]=[N-])O[C@@H]3COC(c4ccccc4)O[C@@H]23)cc1. The van der Waals surface area contributed by atoms with Crippen LogP contribution in [0.25, 0.3) is 10.4 Å². The van der Waals surface area contributed by atoms with Gasteiger partial charge in [0.1, 0.15) is 30.2 Å². The highest BCUT2D eigenvalue weighted by Gasteiger charge is 2.50. The largest absolute Gasteiger partial charge is 0.497 e. The second-order valence-electron chi connectivity index (χ2n) is 8.88. The number of hydrogen-bond acceptors (Lipinski definition) is 10. The number of fused-ring (bicyclic) bond motifs is 1. The molecule has 1 unspecified atom stereocenters. The van der Waals surface area contributed by atoms with Gasteiger partial charge in [-0.05, 0) is 23.2 Å². The Bertz CT molecular complexity index is 1020. The zero-order chi connectivity index (χ0) is 27.3. The average Bonchev–Trinajstić information content (AvgIpc) is 2.98. The van der Waals surface area contributed by atoms with Crippen LogP contribution in [0.5, 0.6) is 5.75 Å². The van der Waals surface area contributed by atoms with Crippen molar-refractivity contribution < 1.29 is 43.0 Å². The standard InChI is InChI=1S/C27H35N3O9/c1-32-21-9-7-19(8-10-21)17-36-25-23(31)27(35-16-15-34-14-13-33-12-11-29-30-28)38-22-18-37-26(39-24(22)25)20-5-3-2-4-6-20/h2-10,22-27,31H,11-18H2,1H3/t22-,23+,24-,25-,26?,27+/m1/s1. The van der Waals surface area contributed by atoms with Crippen LogP contribution in [0.2, 0.25) is 0 Å². The zero-order valence-corrected chi connectivity index (χ0v) is 21.9. The summed E-state index contributed by atoms with van der Waals surface area (Å²) in [5, 5.41) is 14.6. The summed E-state index contributed by atoms with van der Waals surface area (Å²) < 4.78 is 46.3. The molecule has 4 rings (SSSR count). The minimum atomic E-state index is -1.11. The van der Waals surface area contributed by atoms with Gasteiger partial charge in [-0.1, -0.05) is 47.6 Å². The maximum atomic E-state index is 11.2. The molecule has 1 N–H and O–H groups in total. The molecule has 2 aromatic carbocycles. The van der Waals surface area contributed by atoms with Crippen LogP contribution in [-0.2, 0) is 39.8 Å². The summed E-state index contributed by atoms with van der Waals surface area (Å²) >= 11 is 0. The van der Waals surface area contributed by atoms with Gasteiger partial charge in [0, 0.05) is 17.0 Å². The van der Waals surface area contributed by atoms with Crippen LogP contribution in [-0.4, -0.2) is 89.1 Å². The minimum Gasteiger partial charge on any atom is -0.497 e. The molecule has 0 radical (unpaired) electrons. The molecule has 212 valence electrons. The lowest BCUT2D eigenvalue weighted by atomic mass is 9.97. The van der Waals surface area contributed by atoms with E-state index in [1.165, 1.54) is 0 Å². The minimum absolute atomic E-state index is 0.192. The van der Waals surface area contributed by atoms with Gasteiger partial charge < -0.3 is 43.0 Å². The molecular formula is C27H35N3O9. The molecule has 2 fully saturated rings. The first-order valence-corrected chi connectivity index (χ1v) is 12.9. The van der Waals surface area contributed by atoms with Crippen molar-refractivity contribution in [1.82, 2.24) is 0 Å². The van der Waals surface area contributed by atoms with Crippen LogP contribution in [0.4, 0.5) is 0 Å². The van der Waals surface area contributed by atoms with E-state index in [-0.39, 0.29) is 33.0 Å². The van der Waals surface area contributed by atoms with Crippen molar-refractivity contribution in [2.45, 2.75) is 43.6 Å². The Morgan fingerprint density at radius 3 is 2.44 bits per heavy atom. The topological polar surface area (TPSA) is 143 Å². The lowest BCUT2D eigenvalue weighted by molar-refractivity contribution is -0.367. The molecule has 0 spiro atoms. The molecule has 2 aromatic rings. The van der Waals surface area contributed by atoms with Crippen LogP contribution in [0.1, 0.15) is 17.4 Å². The Balaban J connectivity index is 1.32. The number of azide groups is 1. The fourth-order valence-corrected chi connectivity index (χ4v) is 4.28. The van der Waals surface area contributed by atoms with Crippen molar-refractivity contribution in [1.29, 1.82) is 0 Å². The molecule has 2 heterocycles. The Kier molecular flexibility index (Phi) is 11.8. The first-order chi connectivity index (χ1) is 19.2.